The number of para-hydroxylation sites is 1. The second-order valence-corrected chi connectivity index (χ2v) is 15.5. The second-order valence-electron chi connectivity index (χ2n) is 15.5. The molecule has 0 spiro atoms. The Morgan fingerprint density at radius 3 is 1.84 bits per heavy atom. The van der Waals surface area contributed by atoms with Crippen LogP contribution in [0, 0.1) is 0 Å². The van der Waals surface area contributed by atoms with Gasteiger partial charge in [0.25, 0.3) is 0 Å². The van der Waals surface area contributed by atoms with Crippen LogP contribution >= 0.6 is 0 Å². The fourth-order valence-electron chi connectivity index (χ4n) is 8.68. The second kappa shape index (κ2) is 15.3. The van der Waals surface area contributed by atoms with E-state index < -0.39 is 0 Å². The number of nitrogens with zero attached hydrogens (tertiary/aromatic N) is 4. The first kappa shape index (κ1) is 36.0. The minimum atomic E-state index is 0.684. The van der Waals surface area contributed by atoms with Gasteiger partial charge in [0.05, 0.1) is 22.4 Å². The smallest absolute Gasteiger partial charge is 0.160 e. The van der Waals surface area contributed by atoms with E-state index in [1.807, 2.05) is 36.4 Å². The lowest BCUT2D eigenvalue weighted by molar-refractivity contribution is 1.09. The Morgan fingerprint density at radius 1 is 0.443 bits per heavy atom. The predicted octanol–water partition coefficient (Wildman–Crippen LogP) is 14.7. The zero-order valence-electron chi connectivity index (χ0n) is 33.5. The van der Waals surface area contributed by atoms with Gasteiger partial charge in [-0.15, -0.1) is 0 Å². The zero-order chi connectivity index (χ0) is 40.7. The number of aromatic nitrogens is 3. The van der Waals surface area contributed by atoms with E-state index in [-0.39, 0.29) is 0 Å². The van der Waals surface area contributed by atoms with E-state index in [0.717, 1.165) is 67.4 Å². The van der Waals surface area contributed by atoms with Gasteiger partial charge in [0, 0.05) is 56.6 Å². The normalized spacial score (nSPS) is 13.8. The molecule has 0 amide bonds. The van der Waals surface area contributed by atoms with Gasteiger partial charge in [-0.25, -0.2) is 9.97 Å². The summed E-state index contributed by atoms with van der Waals surface area (Å²) in [5, 5.41) is 4.92. The molecule has 0 aliphatic carbocycles. The molecule has 0 N–H and O–H groups in total. The quantitative estimate of drug-likeness (QED) is 0.169. The SMILES string of the molecule is C=C1/C=C\C=C/CN(c2ccc(-c3nc(-c4ccccc4)cc(-c4ccccc4)n3)cc2)c2cc(-c3ccc4c(c3)c3ccccc3n4-c3ccc4ccccc4c3)ccc21. The van der Waals surface area contributed by atoms with Crippen molar-refractivity contribution in [1.82, 2.24) is 14.5 Å². The van der Waals surface area contributed by atoms with Crippen LogP contribution in [0.2, 0.25) is 0 Å². The molecule has 0 unspecified atom stereocenters. The van der Waals surface area contributed by atoms with E-state index in [1.54, 1.807) is 0 Å². The van der Waals surface area contributed by atoms with E-state index in [9.17, 15) is 0 Å². The third-order valence-electron chi connectivity index (χ3n) is 11.8. The van der Waals surface area contributed by atoms with Crippen molar-refractivity contribution in [3.8, 4) is 50.7 Å². The van der Waals surface area contributed by atoms with Gasteiger partial charge in [-0.1, -0.05) is 158 Å². The predicted molar refractivity (Wildman–Crippen MR) is 256 cm³/mol. The molecular formula is C57H40N4. The van der Waals surface area contributed by atoms with Crippen molar-refractivity contribution in [1.29, 1.82) is 0 Å². The van der Waals surface area contributed by atoms with Crippen LogP contribution in [0.15, 0.2) is 225 Å². The molecule has 288 valence electrons. The summed E-state index contributed by atoms with van der Waals surface area (Å²) in [5.74, 6) is 0.689. The maximum atomic E-state index is 5.09. The average Bonchev–Trinajstić information content (AvgIpc) is 3.69. The van der Waals surface area contributed by atoms with Gasteiger partial charge in [0.1, 0.15) is 0 Å². The van der Waals surface area contributed by atoms with Crippen molar-refractivity contribution in [2.75, 3.05) is 11.4 Å². The number of allylic oxidation sites excluding steroid dienone is 4. The van der Waals surface area contributed by atoms with Crippen LogP contribution in [0.3, 0.4) is 0 Å². The summed E-state index contributed by atoms with van der Waals surface area (Å²) < 4.78 is 2.39. The van der Waals surface area contributed by atoms with Crippen molar-refractivity contribution < 1.29 is 0 Å². The summed E-state index contributed by atoms with van der Waals surface area (Å²) in [7, 11) is 0. The van der Waals surface area contributed by atoms with Crippen LogP contribution in [-0.2, 0) is 0 Å². The molecule has 0 atom stereocenters. The number of benzene rings is 8. The van der Waals surface area contributed by atoms with E-state index in [4.69, 9.17) is 9.97 Å². The highest BCUT2D eigenvalue weighted by atomic mass is 15.1. The Morgan fingerprint density at radius 2 is 1.07 bits per heavy atom. The average molecular weight is 781 g/mol. The topological polar surface area (TPSA) is 34.0 Å². The van der Waals surface area contributed by atoms with Crippen molar-refractivity contribution in [2.24, 2.45) is 0 Å². The lowest BCUT2D eigenvalue weighted by Crippen LogP contribution is -2.18. The van der Waals surface area contributed by atoms with Crippen LogP contribution in [0.1, 0.15) is 5.56 Å². The van der Waals surface area contributed by atoms with Gasteiger partial charge in [0.2, 0.25) is 0 Å². The van der Waals surface area contributed by atoms with Crippen LogP contribution in [0.5, 0.6) is 0 Å². The highest BCUT2D eigenvalue weighted by molar-refractivity contribution is 6.11. The number of fused-ring (bicyclic) bond motifs is 5. The molecular weight excluding hydrogens is 741 g/mol. The van der Waals surface area contributed by atoms with Crippen molar-refractivity contribution >= 4 is 49.5 Å². The van der Waals surface area contributed by atoms with Gasteiger partial charge in [0.15, 0.2) is 5.82 Å². The minimum absolute atomic E-state index is 0.684. The van der Waals surface area contributed by atoms with Gasteiger partial charge in [-0.3, -0.25) is 0 Å². The van der Waals surface area contributed by atoms with Gasteiger partial charge >= 0.3 is 0 Å². The Hall–Kier alpha value is -8.08. The molecule has 10 aromatic rings. The third-order valence-corrected chi connectivity index (χ3v) is 11.8. The Bertz CT molecular complexity index is 3280. The number of anilines is 2. The molecule has 0 saturated carbocycles. The standard InChI is InChI=1S/C57H40N4/c1-39-15-5-4-14-34-60(47-29-25-43(26-30-47)57-58-52(41-17-6-2-7-18-41)38-53(59-57)42-19-8-3-9-20-42)56-37-46(27-32-49(39)56)45-28-33-55-51(36-45)50-22-12-13-23-54(50)61(55)48-31-24-40-16-10-11-21-44(40)35-48/h2-33,35-38H,1,34H2/b14-4-,15-5-. The van der Waals surface area contributed by atoms with Gasteiger partial charge < -0.3 is 9.47 Å². The first-order valence-corrected chi connectivity index (χ1v) is 20.7. The van der Waals surface area contributed by atoms with Crippen LogP contribution in [0.25, 0.3) is 88.9 Å². The molecule has 0 fully saturated rings. The molecule has 1 aliphatic heterocycles. The molecule has 4 heteroatoms. The summed E-state index contributed by atoms with van der Waals surface area (Å²) in [5.41, 5.74) is 14.9. The largest absolute Gasteiger partial charge is 0.337 e. The molecule has 8 aromatic carbocycles. The third kappa shape index (κ3) is 6.70. The number of rotatable bonds is 6. The Labute approximate surface area is 355 Å². The fraction of sp³-hybridized carbons (Fsp3) is 0.0175. The summed E-state index contributed by atoms with van der Waals surface area (Å²) in [4.78, 5) is 12.5. The van der Waals surface area contributed by atoms with Crippen molar-refractivity contribution in [3.05, 3.63) is 231 Å². The highest BCUT2D eigenvalue weighted by Crippen LogP contribution is 2.40. The monoisotopic (exact) mass is 780 g/mol. The summed E-state index contributed by atoms with van der Waals surface area (Å²) in [6, 6.07) is 69.1. The van der Waals surface area contributed by atoms with E-state index >= 15 is 0 Å². The summed E-state index contributed by atoms with van der Waals surface area (Å²) in [6.07, 6.45) is 8.47. The lowest BCUT2D eigenvalue weighted by Gasteiger charge is -2.27. The molecule has 11 rings (SSSR count). The Kier molecular flexibility index (Phi) is 9.02. The van der Waals surface area contributed by atoms with Crippen LogP contribution in [0.4, 0.5) is 11.4 Å². The van der Waals surface area contributed by atoms with Crippen LogP contribution < -0.4 is 4.90 Å². The van der Waals surface area contributed by atoms with Crippen molar-refractivity contribution in [3.63, 3.8) is 0 Å². The molecule has 1 aliphatic rings. The van der Waals surface area contributed by atoms with Gasteiger partial charge in [-0.2, -0.15) is 0 Å². The summed E-state index contributed by atoms with van der Waals surface area (Å²) in [6.45, 7) is 5.19. The first-order chi connectivity index (χ1) is 30.1. The van der Waals surface area contributed by atoms with Crippen LogP contribution in [-0.4, -0.2) is 21.1 Å². The minimum Gasteiger partial charge on any atom is -0.337 e. The molecule has 0 bridgehead atoms. The van der Waals surface area contributed by atoms with E-state index in [1.165, 1.54) is 32.6 Å². The molecule has 3 heterocycles. The molecule has 0 radical (unpaired) electrons. The maximum absolute atomic E-state index is 5.09. The number of hydrogen-bond acceptors (Lipinski definition) is 3. The number of hydrogen-bond donors (Lipinski definition) is 0. The summed E-state index contributed by atoms with van der Waals surface area (Å²) >= 11 is 0. The van der Waals surface area contributed by atoms with E-state index in [2.05, 4.69) is 198 Å². The van der Waals surface area contributed by atoms with Gasteiger partial charge in [-0.05, 0) is 94.2 Å². The Balaban J connectivity index is 0.995. The zero-order valence-corrected chi connectivity index (χ0v) is 33.5. The lowest BCUT2D eigenvalue weighted by atomic mass is 9.96. The molecule has 4 nitrogen and oxygen atoms in total. The molecule has 2 aromatic heterocycles. The molecule has 0 saturated heterocycles. The van der Waals surface area contributed by atoms with E-state index in [0.29, 0.717) is 12.4 Å². The van der Waals surface area contributed by atoms with Crippen molar-refractivity contribution in [2.45, 2.75) is 0 Å². The highest BCUT2D eigenvalue weighted by Gasteiger charge is 2.19. The fourth-order valence-corrected chi connectivity index (χ4v) is 8.68. The first-order valence-electron chi connectivity index (χ1n) is 20.7. The maximum Gasteiger partial charge on any atom is 0.160 e. The molecule has 61 heavy (non-hydrogen) atoms.